The fourth-order valence-corrected chi connectivity index (χ4v) is 8.69. The van der Waals surface area contributed by atoms with E-state index in [1.54, 1.807) is 39.3 Å². The summed E-state index contributed by atoms with van der Waals surface area (Å²) >= 11 is 6.36. The molecule has 4 aliphatic rings. The number of fused-ring (bicyclic) bond motifs is 3. The average Bonchev–Trinajstić information content (AvgIpc) is 3.83. The predicted octanol–water partition coefficient (Wildman–Crippen LogP) is 5.10. The Morgan fingerprint density at radius 3 is 2.61 bits per heavy atom. The lowest BCUT2D eigenvalue weighted by molar-refractivity contribution is -0.148. The number of ether oxygens (including phenoxy) is 2. The highest BCUT2D eigenvalue weighted by Gasteiger charge is 2.53. The molecule has 49 heavy (non-hydrogen) atoms. The average molecular weight is 714 g/mol. The fraction of sp³-hybridized carbons (Fsp3) is 0.568. The first kappa shape index (κ1) is 35.7. The minimum absolute atomic E-state index is 0.0537. The van der Waals surface area contributed by atoms with Gasteiger partial charge in [-0.05, 0) is 111 Å². The van der Waals surface area contributed by atoms with Gasteiger partial charge in [-0.3, -0.25) is 9.59 Å². The number of nitrogens with one attached hydrogen (secondary N) is 1. The lowest BCUT2D eigenvalue weighted by Gasteiger charge is -2.43. The van der Waals surface area contributed by atoms with E-state index in [2.05, 4.69) is 15.7 Å². The van der Waals surface area contributed by atoms with Gasteiger partial charge in [-0.1, -0.05) is 35.9 Å². The summed E-state index contributed by atoms with van der Waals surface area (Å²) < 4.78 is 39.9. The largest absolute Gasteiger partial charge is 0.487 e. The Morgan fingerprint density at radius 2 is 1.90 bits per heavy atom. The van der Waals surface area contributed by atoms with Gasteiger partial charge in [0, 0.05) is 38.8 Å². The highest BCUT2D eigenvalue weighted by molar-refractivity contribution is 7.91. The number of rotatable bonds is 4. The van der Waals surface area contributed by atoms with Gasteiger partial charge in [-0.25, -0.2) is 13.1 Å². The van der Waals surface area contributed by atoms with E-state index in [1.807, 2.05) is 24.3 Å². The Morgan fingerprint density at radius 1 is 1.10 bits per heavy atom. The van der Waals surface area contributed by atoms with Gasteiger partial charge in [-0.15, -0.1) is 0 Å². The Kier molecular flexibility index (Phi) is 10.4. The van der Waals surface area contributed by atoms with E-state index in [9.17, 15) is 23.1 Å². The molecule has 2 aliphatic heterocycles. The first-order valence-electron chi connectivity index (χ1n) is 17.4. The summed E-state index contributed by atoms with van der Waals surface area (Å²) in [5.74, 6) is -0.426. The van der Waals surface area contributed by atoms with E-state index in [4.69, 9.17) is 21.1 Å². The molecule has 2 heterocycles. The van der Waals surface area contributed by atoms with Crippen LogP contribution in [0.2, 0.25) is 5.02 Å². The molecule has 2 aromatic carbocycles. The molecule has 0 spiro atoms. The van der Waals surface area contributed by atoms with Crippen LogP contribution >= 0.6 is 11.6 Å². The summed E-state index contributed by atoms with van der Waals surface area (Å²) in [6, 6.07) is 10.8. The smallest absolute Gasteiger partial charge is 0.270 e. The highest BCUT2D eigenvalue weighted by Crippen LogP contribution is 2.44. The second kappa shape index (κ2) is 14.2. The molecule has 266 valence electrons. The molecule has 10 nitrogen and oxygen atoms in total. The summed E-state index contributed by atoms with van der Waals surface area (Å²) in [6.45, 7) is 3.61. The van der Waals surface area contributed by atoms with Crippen LogP contribution in [-0.2, 0) is 43.0 Å². The van der Waals surface area contributed by atoms with E-state index in [-0.39, 0.29) is 11.7 Å². The first-order chi connectivity index (χ1) is 23.3. The van der Waals surface area contributed by atoms with Crippen LogP contribution in [0.3, 0.4) is 0 Å². The summed E-state index contributed by atoms with van der Waals surface area (Å²) in [7, 11) is -0.745. The number of aliphatic hydroxyl groups is 1. The fourth-order valence-electron chi connectivity index (χ4n) is 7.19. The van der Waals surface area contributed by atoms with Crippen LogP contribution in [0.4, 0.5) is 5.69 Å². The van der Waals surface area contributed by atoms with Crippen molar-refractivity contribution in [2.24, 2.45) is 11.8 Å². The number of amides is 2. The van der Waals surface area contributed by atoms with Gasteiger partial charge in [0.15, 0.2) is 5.60 Å². The van der Waals surface area contributed by atoms with Gasteiger partial charge >= 0.3 is 0 Å². The minimum atomic E-state index is -4.10. The number of aryl methyl sites for hydroxylation is 1. The van der Waals surface area contributed by atoms with Crippen LogP contribution in [0.5, 0.6) is 5.75 Å². The molecule has 0 aromatic heterocycles. The van der Waals surface area contributed by atoms with Gasteiger partial charge in [0.25, 0.3) is 5.91 Å². The van der Waals surface area contributed by atoms with Crippen molar-refractivity contribution >= 4 is 39.1 Å². The molecule has 2 amide bonds. The third-order valence-corrected chi connectivity index (χ3v) is 13.5. The topological polar surface area (TPSA) is 125 Å². The molecule has 2 aromatic rings. The van der Waals surface area contributed by atoms with Crippen molar-refractivity contribution < 1.29 is 32.6 Å². The Labute approximate surface area is 294 Å². The van der Waals surface area contributed by atoms with Gasteiger partial charge < -0.3 is 24.4 Å². The molecular formula is C37H48ClN3O7S. The standard InChI is InChI=1S/C37H48ClN3O7S/c1-36(16-17-36)49(45,46)39-35(43)37(44)22-34(42)40(2)18-6-5-9-32(47-3)30-14-11-26(30)23-41-19-7-4-8-25-20-29(38)13-10-27(25)24-48-33-15-12-28(37)21-31(33)41/h5,9-10,12-13,15,20-21,26,30,32,44H,4,6-8,11,14,16-19,22-24H2,1-3H3,(H,39,43)/b9-5+/t26-,30+,32-,37+/m0/s1. The molecular weight excluding hydrogens is 666 g/mol. The van der Waals surface area contributed by atoms with Crippen LogP contribution in [0, 0.1) is 11.8 Å². The van der Waals surface area contributed by atoms with Crippen molar-refractivity contribution in [1.82, 2.24) is 9.62 Å². The third-order valence-electron chi connectivity index (χ3n) is 11.1. The van der Waals surface area contributed by atoms with E-state index in [0.29, 0.717) is 73.8 Å². The maximum Gasteiger partial charge on any atom is 0.270 e. The van der Waals surface area contributed by atoms with E-state index in [0.717, 1.165) is 43.2 Å². The number of hydrogen-bond acceptors (Lipinski definition) is 8. The van der Waals surface area contributed by atoms with Crippen LogP contribution < -0.4 is 14.4 Å². The molecule has 2 bridgehead atoms. The second-order valence-electron chi connectivity index (χ2n) is 14.4. The molecule has 0 saturated heterocycles. The van der Waals surface area contributed by atoms with Crippen molar-refractivity contribution in [3.05, 3.63) is 70.3 Å². The number of nitrogens with zero attached hydrogens (tertiary/aromatic N) is 2. The molecule has 12 heteroatoms. The van der Waals surface area contributed by atoms with Gasteiger partial charge in [0.2, 0.25) is 15.9 Å². The van der Waals surface area contributed by atoms with Crippen molar-refractivity contribution in [3.8, 4) is 5.75 Å². The number of carbonyl (C=O) groups is 2. The SMILES string of the molecule is CO[C@H]1/C=C/CCN(C)C(=O)C[C@](O)(C(=O)NS(=O)(=O)C2(C)CC2)c2ccc3c(c2)N(CCCCc2cc(Cl)ccc2CO3)C[C@@H]2CC[C@H]21. The predicted molar refractivity (Wildman–Crippen MR) is 189 cm³/mol. The number of benzene rings is 2. The summed E-state index contributed by atoms with van der Waals surface area (Å²) in [5, 5.41) is 13.0. The van der Waals surface area contributed by atoms with Crippen molar-refractivity contribution in [1.29, 1.82) is 0 Å². The first-order valence-corrected chi connectivity index (χ1v) is 19.2. The lowest BCUT2D eigenvalue weighted by Crippen LogP contribution is -2.51. The summed E-state index contributed by atoms with van der Waals surface area (Å²) in [6.07, 6.45) is 9.50. The number of hydrogen-bond donors (Lipinski definition) is 2. The zero-order chi connectivity index (χ0) is 35.0. The van der Waals surface area contributed by atoms with Gasteiger partial charge in [-0.2, -0.15) is 0 Å². The monoisotopic (exact) mass is 713 g/mol. The molecule has 2 fully saturated rings. The second-order valence-corrected chi connectivity index (χ2v) is 17.1. The van der Waals surface area contributed by atoms with Crippen LogP contribution in [-0.4, -0.2) is 74.9 Å². The molecule has 4 atom stereocenters. The minimum Gasteiger partial charge on any atom is -0.487 e. The Hall–Kier alpha value is -3.12. The molecule has 0 radical (unpaired) electrons. The number of sulfonamides is 1. The normalized spacial score (nSPS) is 28.1. The van der Waals surface area contributed by atoms with Crippen LogP contribution in [0.15, 0.2) is 48.6 Å². The van der Waals surface area contributed by atoms with Gasteiger partial charge in [0.05, 0.1) is 23.0 Å². The lowest BCUT2D eigenvalue weighted by atomic mass is 9.70. The summed E-state index contributed by atoms with van der Waals surface area (Å²) in [5.41, 5.74) is 0.509. The van der Waals surface area contributed by atoms with Crippen LogP contribution in [0.1, 0.15) is 75.0 Å². The zero-order valence-electron chi connectivity index (χ0n) is 28.6. The van der Waals surface area contributed by atoms with E-state index in [1.165, 1.54) is 4.90 Å². The highest BCUT2D eigenvalue weighted by atomic mass is 35.5. The number of halogens is 1. The molecule has 2 N–H and O–H groups in total. The number of carbonyl (C=O) groups excluding carboxylic acids is 2. The molecule has 2 saturated carbocycles. The molecule has 6 rings (SSSR count). The quantitative estimate of drug-likeness (QED) is 0.420. The third kappa shape index (κ3) is 7.50. The summed E-state index contributed by atoms with van der Waals surface area (Å²) in [4.78, 5) is 31.3. The molecule has 0 unspecified atom stereocenters. The maximum absolute atomic E-state index is 14.0. The van der Waals surface area contributed by atoms with Gasteiger partial charge in [0.1, 0.15) is 12.4 Å². The zero-order valence-corrected chi connectivity index (χ0v) is 30.2. The molecule has 2 aliphatic carbocycles. The van der Waals surface area contributed by atoms with E-state index < -0.39 is 38.6 Å². The number of methoxy groups -OCH3 is 1. The Balaban J connectivity index is 1.45. The van der Waals surface area contributed by atoms with E-state index >= 15 is 0 Å². The van der Waals surface area contributed by atoms with Crippen molar-refractivity contribution in [2.45, 2.75) is 87.8 Å². The number of anilines is 1. The Bertz CT molecular complexity index is 1710. The van der Waals surface area contributed by atoms with Crippen molar-refractivity contribution in [2.75, 3.05) is 38.7 Å². The van der Waals surface area contributed by atoms with Crippen LogP contribution in [0.25, 0.3) is 0 Å². The maximum atomic E-state index is 14.0. The van der Waals surface area contributed by atoms with Crippen molar-refractivity contribution in [3.63, 3.8) is 0 Å².